The molecule has 1 aromatic carbocycles. The summed E-state index contributed by atoms with van der Waals surface area (Å²) in [5, 5.41) is 11.3. The molecule has 0 radical (unpaired) electrons. The van der Waals surface area contributed by atoms with Gasteiger partial charge in [0.05, 0.1) is 20.3 Å². The van der Waals surface area contributed by atoms with E-state index in [0.29, 0.717) is 17.2 Å². The number of hydrogen-bond acceptors (Lipinski definition) is 5. The maximum atomic E-state index is 11.9. The van der Waals surface area contributed by atoms with Gasteiger partial charge in [-0.1, -0.05) is 0 Å². The SMILES string of the molecule is COc1cc(C)c(NC(=O)C(N)CCC(=O)O)cc1OC. The summed E-state index contributed by atoms with van der Waals surface area (Å²) in [7, 11) is 3.02. The maximum Gasteiger partial charge on any atom is 0.303 e. The van der Waals surface area contributed by atoms with E-state index in [4.69, 9.17) is 20.3 Å². The predicted octanol–water partition coefficient (Wildman–Crippen LogP) is 1.14. The first-order valence-electron chi connectivity index (χ1n) is 6.40. The van der Waals surface area contributed by atoms with Gasteiger partial charge in [-0.2, -0.15) is 0 Å². The number of carboxylic acid groups (broad SMARTS) is 1. The Morgan fingerprint density at radius 3 is 2.38 bits per heavy atom. The number of carbonyl (C=O) groups excluding carboxylic acids is 1. The maximum absolute atomic E-state index is 11.9. The van der Waals surface area contributed by atoms with Gasteiger partial charge in [0.1, 0.15) is 0 Å². The topological polar surface area (TPSA) is 111 Å². The molecule has 1 unspecified atom stereocenters. The number of rotatable bonds is 7. The number of nitrogens with one attached hydrogen (secondary N) is 1. The number of aryl methyl sites for hydroxylation is 1. The van der Waals surface area contributed by atoms with Gasteiger partial charge in [0, 0.05) is 18.2 Å². The van der Waals surface area contributed by atoms with Gasteiger partial charge in [-0.25, -0.2) is 0 Å². The molecule has 1 aromatic rings. The standard InChI is InChI=1S/C14H20N2O5/c1-8-6-11(20-2)12(21-3)7-10(8)16-14(19)9(15)4-5-13(17)18/h6-7,9H,4-5,15H2,1-3H3,(H,16,19)(H,17,18). The summed E-state index contributed by atoms with van der Waals surface area (Å²) in [6.45, 7) is 1.81. The molecular formula is C14H20N2O5. The summed E-state index contributed by atoms with van der Waals surface area (Å²) in [4.78, 5) is 22.4. The van der Waals surface area contributed by atoms with Crippen LogP contribution in [0.1, 0.15) is 18.4 Å². The van der Waals surface area contributed by atoms with E-state index in [2.05, 4.69) is 5.32 Å². The Balaban J connectivity index is 2.82. The summed E-state index contributed by atoms with van der Waals surface area (Å²) in [5.74, 6) is -0.382. The Morgan fingerprint density at radius 1 is 1.29 bits per heavy atom. The zero-order chi connectivity index (χ0) is 16.0. The first-order valence-corrected chi connectivity index (χ1v) is 6.40. The molecular weight excluding hydrogens is 276 g/mol. The van der Waals surface area contributed by atoms with Crippen molar-refractivity contribution in [3.63, 3.8) is 0 Å². The second-order valence-electron chi connectivity index (χ2n) is 4.55. The van der Waals surface area contributed by atoms with Crippen molar-refractivity contribution in [2.75, 3.05) is 19.5 Å². The number of ether oxygens (including phenoxy) is 2. The van der Waals surface area contributed by atoms with Crippen molar-refractivity contribution >= 4 is 17.6 Å². The fraction of sp³-hybridized carbons (Fsp3) is 0.429. The van der Waals surface area contributed by atoms with E-state index in [1.807, 2.05) is 0 Å². The van der Waals surface area contributed by atoms with Gasteiger partial charge in [-0.3, -0.25) is 9.59 Å². The fourth-order valence-corrected chi connectivity index (χ4v) is 1.75. The third-order valence-corrected chi connectivity index (χ3v) is 2.99. The molecule has 4 N–H and O–H groups in total. The van der Waals surface area contributed by atoms with E-state index in [1.165, 1.54) is 14.2 Å². The number of hydrogen-bond donors (Lipinski definition) is 3. The normalized spacial score (nSPS) is 11.6. The van der Waals surface area contributed by atoms with Crippen molar-refractivity contribution in [2.24, 2.45) is 5.73 Å². The van der Waals surface area contributed by atoms with Crippen molar-refractivity contribution in [1.29, 1.82) is 0 Å². The zero-order valence-corrected chi connectivity index (χ0v) is 12.3. The molecule has 0 aliphatic heterocycles. The number of aliphatic carboxylic acids is 1. The van der Waals surface area contributed by atoms with Crippen LogP contribution in [0.5, 0.6) is 11.5 Å². The monoisotopic (exact) mass is 296 g/mol. The van der Waals surface area contributed by atoms with E-state index < -0.39 is 17.9 Å². The minimum atomic E-state index is -0.986. The second kappa shape index (κ2) is 7.49. The van der Waals surface area contributed by atoms with Crippen LogP contribution in [0.25, 0.3) is 0 Å². The Labute approximate surface area is 123 Å². The first-order chi connectivity index (χ1) is 9.88. The summed E-state index contributed by atoms with van der Waals surface area (Å²) in [6, 6.07) is 2.49. The molecule has 0 aliphatic carbocycles. The molecule has 0 aliphatic rings. The van der Waals surface area contributed by atoms with Gasteiger partial charge in [-0.05, 0) is 25.0 Å². The Morgan fingerprint density at radius 2 is 1.86 bits per heavy atom. The summed E-state index contributed by atoms with van der Waals surface area (Å²) in [6.07, 6.45) is -0.0764. The van der Waals surface area contributed by atoms with Crippen LogP contribution in [0.2, 0.25) is 0 Å². The largest absolute Gasteiger partial charge is 0.493 e. The van der Waals surface area contributed by atoms with Crippen LogP contribution in [0, 0.1) is 6.92 Å². The van der Waals surface area contributed by atoms with Crippen molar-refractivity contribution in [3.8, 4) is 11.5 Å². The second-order valence-corrected chi connectivity index (χ2v) is 4.55. The molecule has 0 spiro atoms. The van der Waals surface area contributed by atoms with Crippen LogP contribution in [0.15, 0.2) is 12.1 Å². The Kier molecular flexibility index (Phi) is 5.98. The molecule has 0 heterocycles. The Hall–Kier alpha value is -2.28. The quantitative estimate of drug-likeness (QED) is 0.696. The summed E-state index contributed by atoms with van der Waals surface area (Å²) >= 11 is 0. The lowest BCUT2D eigenvalue weighted by Gasteiger charge is -2.15. The first kappa shape index (κ1) is 16.8. The van der Waals surface area contributed by atoms with Crippen LogP contribution in [-0.2, 0) is 9.59 Å². The zero-order valence-electron chi connectivity index (χ0n) is 12.3. The van der Waals surface area contributed by atoms with Crippen LogP contribution >= 0.6 is 0 Å². The lowest BCUT2D eigenvalue weighted by atomic mass is 10.1. The third-order valence-electron chi connectivity index (χ3n) is 2.99. The van der Waals surface area contributed by atoms with Gasteiger partial charge >= 0.3 is 5.97 Å². The number of nitrogens with two attached hydrogens (primary N) is 1. The molecule has 0 saturated carbocycles. The predicted molar refractivity (Wildman–Crippen MR) is 77.8 cm³/mol. The number of methoxy groups -OCH3 is 2. The molecule has 7 nitrogen and oxygen atoms in total. The van der Waals surface area contributed by atoms with Gasteiger partial charge in [0.2, 0.25) is 5.91 Å². The minimum absolute atomic E-state index is 0.0769. The smallest absolute Gasteiger partial charge is 0.303 e. The molecule has 0 saturated heterocycles. The number of amides is 1. The molecule has 21 heavy (non-hydrogen) atoms. The summed E-state index contributed by atoms with van der Waals surface area (Å²) < 4.78 is 10.3. The lowest BCUT2D eigenvalue weighted by molar-refractivity contribution is -0.137. The van der Waals surface area contributed by atoms with Crippen molar-refractivity contribution in [1.82, 2.24) is 0 Å². The fourth-order valence-electron chi connectivity index (χ4n) is 1.75. The molecule has 7 heteroatoms. The number of anilines is 1. The average molecular weight is 296 g/mol. The van der Waals surface area contributed by atoms with Crippen LogP contribution in [0.4, 0.5) is 5.69 Å². The highest BCUT2D eigenvalue weighted by Gasteiger charge is 2.17. The summed E-state index contributed by atoms with van der Waals surface area (Å²) in [5.41, 5.74) is 6.99. The van der Waals surface area contributed by atoms with Crippen LogP contribution in [-0.4, -0.2) is 37.2 Å². The Bertz CT molecular complexity index is 530. The van der Waals surface area contributed by atoms with Gasteiger partial charge in [0.25, 0.3) is 0 Å². The molecule has 0 bridgehead atoms. The van der Waals surface area contributed by atoms with Gasteiger partial charge in [-0.15, -0.1) is 0 Å². The highest BCUT2D eigenvalue weighted by Crippen LogP contribution is 2.32. The molecule has 1 atom stereocenters. The molecule has 0 fully saturated rings. The molecule has 116 valence electrons. The van der Waals surface area contributed by atoms with Crippen molar-refractivity contribution in [2.45, 2.75) is 25.8 Å². The van der Waals surface area contributed by atoms with Crippen LogP contribution in [0.3, 0.4) is 0 Å². The number of carbonyl (C=O) groups is 2. The molecule has 0 aromatic heterocycles. The van der Waals surface area contributed by atoms with Gasteiger partial charge in [0.15, 0.2) is 11.5 Å². The van der Waals surface area contributed by atoms with Gasteiger partial charge < -0.3 is 25.6 Å². The van der Waals surface area contributed by atoms with Crippen LogP contribution < -0.4 is 20.5 Å². The van der Waals surface area contributed by atoms with E-state index in [-0.39, 0.29) is 12.8 Å². The third kappa shape index (κ3) is 4.64. The lowest BCUT2D eigenvalue weighted by Crippen LogP contribution is -2.36. The van der Waals surface area contributed by atoms with Crippen molar-refractivity contribution in [3.05, 3.63) is 17.7 Å². The average Bonchev–Trinajstić information content (AvgIpc) is 2.45. The van der Waals surface area contributed by atoms with E-state index in [1.54, 1.807) is 19.1 Å². The van der Waals surface area contributed by atoms with E-state index in [0.717, 1.165) is 5.56 Å². The molecule has 1 rings (SSSR count). The highest BCUT2D eigenvalue weighted by atomic mass is 16.5. The van der Waals surface area contributed by atoms with E-state index in [9.17, 15) is 9.59 Å². The minimum Gasteiger partial charge on any atom is -0.493 e. The highest BCUT2D eigenvalue weighted by molar-refractivity contribution is 5.95. The number of carboxylic acids is 1. The number of benzene rings is 1. The van der Waals surface area contributed by atoms with Crippen molar-refractivity contribution < 1.29 is 24.2 Å². The van der Waals surface area contributed by atoms with E-state index >= 15 is 0 Å². The molecule has 1 amide bonds.